The highest BCUT2D eigenvalue weighted by atomic mass is 16.5. The summed E-state index contributed by atoms with van der Waals surface area (Å²) in [4.78, 5) is 2.21. The van der Waals surface area contributed by atoms with E-state index in [1.807, 2.05) is 18.2 Å². The van der Waals surface area contributed by atoms with E-state index in [0.29, 0.717) is 13.1 Å². The molecule has 1 unspecified atom stereocenters. The molecule has 1 aliphatic rings. The molecule has 2 N–H and O–H groups in total. The second-order valence-electron chi connectivity index (χ2n) is 5.05. The molecule has 0 aliphatic carbocycles. The van der Waals surface area contributed by atoms with Crippen LogP contribution in [0.1, 0.15) is 0 Å². The van der Waals surface area contributed by atoms with Gasteiger partial charge >= 0.3 is 0 Å². The standard InChI is InChI=1S/C15H24N2O4/c1-19-14-7-12(8-15(9-14)20-2)16-10-13(18)11-17-3-5-21-6-4-17/h7-9,13,16,18H,3-6,10-11H2,1-2H3. The number of rotatable bonds is 7. The van der Waals surface area contributed by atoms with Crippen molar-refractivity contribution in [2.75, 3.05) is 58.9 Å². The Morgan fingerprint density at radius 2 is 1.81 bits per heavy atom. The summed E-state index contributed by atoms with van der Waals surface area (Å²) in [6, 6.07) is 5.57. The number of benzene rings is 1. The van der Waals surface area contributed by atoms with Gasteiger partial charge in [-0.2, -0.15) is 0 Å². The number of hydrogen-bond acceptors (Lipinski definition) is 6. The number of ether oxygens (including phenoxy) is 3. The van der Waals surface area contributed by atoms with E-state index in [0.717, 1.165) is 43.5 Å². The fourth-order valence-corrected chi connectivity index (χ4v) is 2.29. The van der Waals surface area contributed by atoms with Crippen molar-refractivity contribution in [3.8, 4) is 11.5 Å². The smallest absolute Gasteiger partial charge is 0.124 e. The summed E-state index contributed by atoms with van der Waals surface area (Å²) in [6.07, 6.45) is -0.430. The molecule has 0 aromatic heterocycles. The van der Waals surface area contributed by atoms with Gasteiger partial charge in [0.15, 0.2) is 0 Å². The van der Waals surface area contributed by atoms with Gasteiger partial charge in [-0.3, -0.25) is 4.90 Å². The molecule has 0 spiro atoms. The normalized spacial score (nSPS) is 17.3. The van der Waals surface area contributed by atoms with E-state index < -0.39 is 6.10 Å². The quantitative estimate of drug-likeness (QED) is 0.776. The minimum Gasteiger partial charge on any atom is -0.497 e. The number of anilines is 1. The first-order chi connectivity index (χ1) is 10.2. The van der Waals surface area contributed by atoms with Crippen molar-refractivity contribution in [1.29, 1.82) is 0 Å². The van der Waals surface area contributed by atoms with Crippen molar-refractivity contribution < 1.29 is 19.3 Å². The maximum Gasteiger partial charge on any atom is 0.124 e. The summed E-state index contributed by atoms with van der Waals surface area (Å²) in [5, 5.41) is 13.3. The van der Waals surface area contributed by atoms with Crippen LogP contribution in [-0.4, -0.2) is 69.7 Å². The van der Waals surface area contributed by atoms with E-state index >= 15 is 0 Å². The second-order valence-corrected chi connectivity index (χ2v) is 5.05. The van der Waals surface area contributed by atoms with E-state index in [-0.39, 0.29) is 0 Å². The van der Waals surface area contributed by atoms with E-state index in [4.69, 9.17) is 14.2 Å². The molecule has 1 fully saturated rings. The van der Waals surface area contributed by atoms with Crippen LogP contribution in [0.25, 0.3) is 0 Å². The van der Waals surface area contributed by atoms with Crippen LogP contribution in [0.5, 0.6) is 11.5 Å². The van der Waals surface area contributed by atoms with Crippen molar-refractivity contribution in [2.45, 2.75) is 6.10 Å². The first-order valence-electron chi connectivity index (χ1n) is 7.16. The third-order valence-electron chi connectivity index (χ3n) is 3.47. The van der Waals surface area contributed by atoms with Crippen LogP contribution in [0.3, 0.4) is 0 Å². The first kappa shape index (κ1) is 15.9. The lowest BCUT2D eigenvalue weighted by Gasteiger charge is -2.28. The van der Waals surface area contributed by atoms with Gasteiger partial charge in [-0.1, -0.05) is 0 Å². The SMILES string of the molecule is COc1cc(NCC(O)CN2CCOCC2)cc(OC)c1. The summed E-state index contributed by atoms with van der Waals surface area (Å²) in [5.74, 6) is 1.44. The number of morpholine rings is 1. The Labute approximate surface area is 125 Å². The number of methoxy groups -OCH3 is 2. The fourth-order valence-electron chi connectivity index (χ4n) is 2.29. The molecule has 0 bridgehead atoms. The Kier molecular flexibility index (Phi) is 6.10. The molecule has 1 aliphatic heterocycles. The van der Waals surface area contributed by atoms with E-state index in [1.54, 1.807) is 14.2 Å². The molecule has 0 amide bonds. The molecule has 21 heavy (non-hydrogen) atoms. The lowest BCUT2D eigenvalue weighted by molar-refractivity contribution is 0.0171. The van der Waals surface area contributed by atoms with Crippen LogP contribution in [0.4, 0.5) is 5.69 Å². The van der Waals surface area contributed by atoms with Gasteiger partial charge in [0.05, 0.1) is 33.5 Å². The monoisotopic (exact) mass is 296 g/mol. The molecule has 0 saturated carbocycles. The fraction of sp³-hybridized carbons (Fsp3) is 0.600. The molecule has 1 aromatic carbocycles. The van der Waals surface area contributed by atoms with Crippen molar-refractivity contribution in [3.05, 3.63) is 18.2 Å². The number of nitrogens with one attached hydrogen (secondary N) is 1. The van der Waals surface area contributed by atoms with Gasteiger partial charge in [0.25, 0.3) is 0 Å². The van der Waals surface area contributed by atoms with Crippen molar-refractivity contribution >= 4 is 5.69 Å². The predicted molar refractivity (Wildman–Crippen MR) is 81.3 cm³/mol. The van der Waals surface area contributed by atoms with E-state index in [2.05, 4.69) is 10.2 Å². The highest BCUT2D eigenvalue weighted by molar-refractivity contribution is 5.53. The van der Waals surface area contributed by atoms with Gasteiger partial charge in [-0.15, -0.1) is 0 Å². The summed E-state index contributed by atoms with van der Waals surface area (Å²) in [5.41, 5.74) is 0.868. The number of hydrogen-bond donors (Lipinski definition) is 2. The largest absolute Gasteiger partial charge is 0.497 e. The minimum atomic E-state index is -0.430. The minimum absolute atomic E-state index is 0.430. The van der Waals surface area contributed by atoms with Crippen molar-refractivity contribution in [2.24, 2.45) is 0 Å². The van der Waals surface area contributed by atoms with Crippen LogP contribution < -0.4 is 14.8 Å². The van der Waals surface area contributed by atoms with Crippen LogP contribution in [0.2, 0.25) is 0 Å². The summed E-state index contributed by atoms with van der Waals surface area (Å²) in [6.45, 7) is 4.37. The second kappa shape index (κ2) is 8.07. The molecule has 0 radical (unpaired) electrons. The third kappa shape index (κ3) is 5.08. The van der Waals surface area contributed by atoms with Gasteiger partial charge in [0.1, 0.15) is 11.5 Å². The van der Waals surface area contributed by atoms with Gasteiger partial charge in [0, 0.05) is 50.1 Å². The Balaban J connectivity index is 1.83. The molecular weight excluding hydrogens is 272 g/mol. The van der Waals surface area contributed by atoms with Crippen molar-refractivity contribution in [1.82, 2.24) is 4.90 Å². The highest BCUT2D eigenvalue weighted by Gasteiger charge is 2.14. The third-order valence-corrected chi connectivity index (χ3v) is 3.47. The Bertz CT molecular complexity index is 413. The Morgan fingerprint density at radius 1 is 1.19 bits per heavy atom. The zero-order valence-electron chi connectivity index (χ0n) is 12.7. The highest BCUT2D eigenvalue weighted by Crippen LogP contribution is 2.25. The zero-order valence-corrected chi connectivity index (χ0v) is 12.7. The summed E-state index contributed by atoms with van der Waals surface area (Å²) >= 11 is 0. The maximum atomic E-state index is 10.1. The molecule has 2 rings (SSSR count). The van der Waals surface area contributed by atoms with E-state index in [1.165, 1.54) is 0 Å². The average molecular weight is 296 g/mol. The molecule has 6 nitrogen and oxygen atoms in total. The van der Waals surface area contributed by atoms with Crippen LogP contribution in [-0.2, 0) is 4.74 Å². The molecule has 1 saturated heterocycles. The number of nitrogens with zero attached hydrogens (tertiary/aromatic N) is 1. The predicted octanol–water partition coefficient (Wildman–Crippen LogP) is 0.809. The van der Waals surface area contributed by atoms with Gasteiger partial charge in [-0.05, 0) is 0 Å². The number of aliphatic hydroxyl groups is 1. The van der Waals surface area contributed by atoms with Gasteiger partial charge in [-0.25, -0.2) is 0 Å². The molecule has 1 aromatic rings. The van der Waals surface area contributed by atoms with Crippen LogP contribution >= 0.6 is 0 Å². The molecular formula is C15H24N2O4. The van der Waals surface area contributed by atoms with Crippen molar-refractivity contribution in [3.63, 3.8) is 0 Å². The molecule has 6 heteroatoms. The van der Waals surface area contributed by atoms with Crippen LogP contribution in [0, 0.1) is 0 Å². The van der Waals surface area contributed by atoms with Gasteiger partial charge < -0.3 is 24.6 Å². The topological polar surface area (TPSA) is 63.2 Å². The summed E-state index contributed by atoms with van der Waals surface area (Å²) < 4.78 is 15.7. The van der Waals surface area contributed by atoms with Gasteiger partial charge in [0.2, 0.25) is 0 Å². The molecule has 1 atom stereocenters. The number of aliphatic hydroxyl groups excluding tert-OH is 1. The lowest BCUT2D eigenvalue weighted by Crippen LogP contribution is -2.42. The average Bonchev–Trinajstić information content (AvgIpc) is 2.53. The first-order valence-corrected chi connectivity index (χ1v) is 7.16. The Hall–Kier alpha value is -1.50. The molecule has 1 heterocycles. The lowest BCUT2D eigenvalue weighted by atomic mass is 10.2. The summed E-state index contributed by atoms with van der Waals surface area (Å²) in [7, 11) is 3.23. The van der Waals surface area contributed by atoms with Crippen LogP contribution in [0.15, 0.2) is 18.2 Å². The van der Waals surface area contributed by atoms with E-state index in [9.17, 15) is 5.11 Å². The molecule has 118 valence electrons. The number of β-amino-alcohol motifs (C(OH)–C–C–N with tert-alkyl or cyclic N) is 1. The Morgan fingerprint density at radius 3 is 2.38 bits per heavy atom. The maximum absolute atomic E-state index is 10.1. The zero-order chi connectivity index (χ0) is 15.1.